The molecule has 36 heavy (non-hydrogen) atoms. The molecule has 0 bridgehead atoms. The molecular weight excluding hydrogens is 509 g/mol. The largest absolute Gasteiger partial charge is 0.494 e. The molecule has 3 rings (SSSR count). The van der Waals surface area contributed by atoms with Gasteiger partial charge in [0.25, 0.3) is 10.2 Å². The number of anilines is 3. The van der Waals surface area contributed by atoms with Gasteiger partial charge in [0.1, 0.15) is 11.6 Å². The normalized spacial score (nSPS) is 15.7. The summed E-state index contributed by atoms with van der Waals surface area (Å²) in [5.41, 5.74) is 2.18. The summed E-state index contributed by atoms with van der Waals surface area (Å²) in [6, 6.07) is 11.4. The first-order valence-electron chi connectivity index (χ1n) is 11.5. The van der Waals surface area contributed by atoms with Gasteiger partial charge in [-0.25, -0.2) is 17.5 Å². The molecule has 0 amide bonds. The maximum Gasteiger partial charge on any atom is 0.279 e. The Morgan fingerprint density at radius 1 is 1.06 bits per heavy atom. The summed E-state index contributed by atoms with van der Waals surface area (Å²) in [4.78, 5) is 3.87. The van der Waals surface area contributed by atoms with Crippen molar-refractivity contribution >= 4 is 38.2 Å². The summed E-state index contributed by atoms with van der Waals surface area (Å²) >= 11 is 0. The lowest BCUT2D eigenvalue weighted by atomic mass is 10.2. The van der Waals surface area contributed by atoms with E-state index in [0.29, 0.717) is 30.2 Å². The predicted octanol–water partition coefficient (Wildman–Crippen LogP) is 1.53. The van der Waals surface area contributed by atoms with Crippen molar-refractivity contribution in [3.8, 4) is 5.75 Å². The minimum absolute atomic E-state index is 0.0871. The first-order chi connectivity index (χ1) is 17.0. The summed E-state index contributed by atoms with van der Waals surface area (Å²) in [6.07, 6.45) is 0. The number of ether oxygens (including phenoxy) is 1. The van der Waals surface area contributed by atoms with Crippen LogP contribution in [0.1, 0.15) is 6.92 Å². The average molecular weight is 544 g/mol. The van der Waals surface area contributed by atoms with Gasteiger partial charge < -0.3 is 14.5 Å². The van der Waals surface area contributed by atoms with Gasteiger partial charge in [-0.3, -0.25) is 4.31 Å². The van der Waals surface area contributed by atoms with Crippen LogP contribution in [0.15, 0.2) is 42.5 Å². The van der Waals surface area contributed by atoms with Crippen molar-refractivity contribution in [2.24, 2.45) is 5.92 Å². The molecule has 0 radical (unpaired) electrons. The number of thiol groups is 1. The van der Waals surface area contributed by atoms with Crippen LogP contribution in [0, 0.1) is 11.7 Å². The zero-order chi connectivity index (χ0) is 26.5. The number of nitrogens with one attached hydrogen (secondary N) is 1. The number of nitrogens with zero attached hydrogens (tertiary/aromatic N) is 4. The summed E-state index contributed by atoms with van der Waals surface area (Å²) < 4.78 is 73.5. The number of halogens is 1. The first-order valence-corrected chi connectivity index (χ1v) is 14.1. The fourth-order valence-corrected chi connectivity index (χ4v) is 6.03. The summed E-state index contributed by atoms with van der Waals surface area (Å²) in [7, 11) is -1.38. The molecule has 200 valence electrons. The second-order valence-corrected chi connectivity index (χ2v) is 11.6. The second-order valence-electron chi connectivity index (χ2n) is 8.89. The Balaban J connectivity index is 1.56. The van der Waals surface area contributed by atoms with Crippen molar-refractivity contribution in [1.29, 1.82) is 0 Å². The van der Waals surface area contributed by atoms with Gasteiger partial charge in [0.15, 0.2) is 0 Å². The maximum atomic E-state index is 13.5. The molecule has 13 heteroatoms. The van der Waals surface area contributed by atoms with Crippen LogP contribution in [0.3, 0.4) is 0 Å². The van der Waals surface area contributed by atoms with Gasteiger partial charge in [-0.1, -0.05) is 6.92 Å². The Labute approximate surface area is 214 Å². The van der Waals surface area contributed by atoms with Crippen LogP contribution in [0.5, 0.6) is 5.75 Å². The average Bonchev–Trinajstić information content (AvgIpc) is 2.86. The van der Waals surface area contributed by atoms with Gasteiger partial charge in [-0.05, 0) is 42.3 Å². The van der Waals surface area contributed by atoms with Gasteiger partial charge in [0.05, 0.1) is 18.5 Å². The zero-order valence-electron chi connectivity index (χ0n) is 20.9. The molecule has 1 fully saturated rings. The summed E-state index contributed by atoms with van der Waals surface area (Å²) in [5, 5.41) is 0. The Kier molecular flexibility index (Phi) is 9.39. The van der Waals surface area contributed by atoms with Crippen LogP contribution in [-0.4, -0.2) is 81.6 Å². The molecule has 2 aromatic rings. The van der Waals surface area contributed by atoms with Crippen molar-refractivity contribution in [1.82, 2.24) is 9.03 Å². The Bertz CT molecular complexity index is 1190. The SMILES string of the molecule is COc1cc(F)ccc1N1CCN(S(=O)(=O)NC[C@H](C)CN(c2ccc(N(C)C)cc2)[SH](=O)=O)CC1. The van der Waals surface area contributed by atoms with Crippen LogP contribution in [0.25, 0.3) is 0 Å². The smallest absolute Gasteiger partial charge is 0.279 e. The highest BCUT2D eigenvalue weighted by atomic mass is 32.2. The molecule has 1 aliphatic heterocycles. The molecule has 10 nitrogen and oxygen atoms in total. The Morgan fingerprint density at radius 3 is 2.22 bits per heavy atom. The molecule has 1 atom stereocenters. The number of piperazine rings is 1. The molecule has 0 unspecified atom stereocenters. The highest BCUT2D eigenvalue weighted by molar-refractivity contribution is 7.87. The lowest BCUT2D eigenvalue weighted by molar-refractivity contribution is 0.370. The lowest BCUT2D eigenvalue weighted by Crippen LogP contribution is -2.52. The van der Waals surface area contributed by atoms with E-state index in [2.05, 4.69) is 4.72 Å². The van der Waals surface area contributed by atoms with Crippen LogP contribution in [0.4, 0.5) is 21.5 Å². The topological polar surface area (TPSA) is 102 Å². The van der Waals surface area contributed by atoms with Crippen molar-refractivity contribution in [2.75, 3.05) is 74.6 Å². The van der Waals surface area contributed by atoms with E-state index < -0.39 is 26.9 Å². The standard InChI is InChI=1S/C23H34FN5O5S2/c1-18(17-29(35(30)31)21-8-6-20(7-9-21)26(2)3)16-25-36(32,33)28-13-11-27(12-14-28)22-10-5-19(24)15-23(22)34-4/h5-10,15,18,25,35H,11-14,16-17H2,1-4H3/t18-/m0/s1. The number of hydrogen-bond acceptors (Lipinski definition) is 7. The van der Waals surface area contributed by atoms with E-state index >= 15 is 0 Å². The van der Waals surface area contributed by atoms with E-state index in [-0.39, 0.29) is 32.1 Å². The summed E-state index contributed by atoms with van der Waals surface area (Å²) in [5.74, 6) is -0.275. The first kappa shape index (κ1) is 28.0. The van der Waals surface area contributed by atoms with Crippen LogP contribution in [-0.2, 0) is 21.1 Å². The molecule has 0 aliphatic carbocycles. The highest BCUT2D eigenvalue weighted by Crippen LogP contribution is 2.30. The number of hydrogen-bond donors (Lipinski definition) is 2. The van der Waals surface area contributed by atoms with Crippen LogP contribution in [0.2, 0.25) is 0 Å². The zero-order valence-corrected chi connectivity index (χ0v) is 22.6. The molecule has 1 saturated heterocycles. The maximum absolute atomic E-state index is 13.5. The van der Waals surface area contributed by atoms with Gasteiger partial charge in [0, 0.05) is 65.1 Å². The predicted molar refractivity (Wildman–Crippen MR) is 141 cm³/mol. The van der Waals surface area contributed by atoms with Crippen molar-refractivity contribution in [2.45, 2.75) is 6.92 Å². The molecule has 1 heterocycles. The third-order valence-electron chi connectivity index (χ3n) is 6.02. The van der Waals surface area contributed by atoms with E-state index in [1.165, 1.54) is 27.9 Å². The van der Waals surface area contributed by atoms with Gasteiger partial charge in [-0.15, -0.1) is 0 Å². The molecule has 0 saturated carbocycles. The lowest BCUT2D eigenvalue weighted by Gasteiger charge is -2.36. The number of rotatable bonds is 11. The molecule has 0 spiro atoms. The van der Waals surface area contributed by atoms with Gasteiger partial charge in [0.2, 0.25) is 10.9 Å². The van der Waals surface area contributed by atoms with Crippen LogP contribution >= 0.6 is 0 Å². The fourth-order valence-electron chi connectivity index (χ4n) is 3.97. The highest BCUT2D eigenvalue weighted by Gasteiger charge is 2.28. The number of benzene rings is 2. The van der Waals surface area contributed by atoms with Gasteiger partial charge >= 0.3 is 0 Å². The number of methoxy groups -OCH3 is 1. The van der Waals surface area contributed by atoms with Crippen LogP contribution < -0.4 is 23.6 Å². The third-order valence-corrected chi connectivity index (χ3v) is 8.39. The Hall–Kier alpha value is -2.61. The molecule has 2 aromatic carbocycles. The minimum Gasteiger partial charge on any atom is -0.494 e. The third kappa shape index (κ3) is 6.99. The van der Waals surface area contributed by atoms with Crippen molar-refractivity contribution in [3.05, 3.63) is 48.3 Å². The fraction of sp³-hybridized carbons (Fsp3) is 0.478. The van der Waals surface area contributed by atoms with Crippen molar-refractivity contribution in [3.63, 3.8) is 0 Å². The quantitative estimate of drug-likeness (QED) is 0.415. The van der Waals surface area contributed by atoms with E-state index in [1.807, 2.05) is 36.0 Å². The van der Waals surface area contributed by atoms with E-state index in [4.69, 9.17) is 4.74 Å². The molecule has 0 aromatic heterocycles. The van der Waals surface area contributed by atoms with E-state index in [1.54, 1.807) is 25.1 Å². The minimum atomic E-state index is -3.75. The van der Waals surface area contributed by atoms with Gasteiger partial charge in [-0.2, -0.15) is 12.7 Å². The van der Waals surface area contributed by atoms with E-state index in [9.17, 15) is 21.2 Å². The second kappa shape index (κ2) is 12.1. The summed E-state index contributed by atoms with van der Waals surface area (Å²) in [6.45, 7) is 3.37. The Morgan fingerprint density at radius 2 is 1.67 bits per heavy atom. The molecule has 1 N–H and O–H groups in total. The van der Waals surface area contributed by atoms with E-state index in [0.717, 1.165) is 5.69 Å². The van der Waals surface area contributed by atoms with Crippen molar-refractivity contribution < 1.29 is 26.0 Å². The molecule has 1 aliphatic rings. The monoisotopic (exact) mass is 543 g/mol. The molecular formula is C23H34FN5O5S2.